The van der Waals surface area contributed by atoms with Crippen LogP contribution in [0.2, 0.25) is 0 Å². The number of nitrogens with one attached hydrogen (secondary N) is 1. The van der Waals surface area contributed by atoms with E-state index in [0.717, 1.165) is 83.7 Å². The maximum Gasteiger partial charge on any atom is 0.364 e. The molecule has 0 bridgehead atoms. The van der Waals surface area contributed by atoms with Gasteiger partial charge < -0.3 is 33.0 Å². The number of aromatic nitrogens is 3. The lowest BCUT2D eigenvalue weighted by atomic mass is 9.84. The Balaban J connectivity index is 1.24. The third-order valence-electron chi connectivity index (χ3n) is 14.0. The van der Waals surface area contributed by atoms with Gasteiger partial charge in [-0.2, -0.15) is 4.36 Å². The van der Waals surface area contributed by atoms with Crippen molar-refractivity contribution in [1.82, 2.24) is 29.9 Å². The number of ether oxygens (including phenoxy) is 3. The zero-order chi connectivity index (χ0) is 46.4. The SMILES string of the molecule is CCO[C@H](c1coc(-c2ccc3c(c2)c(CC(C)(C)COC(=O)S)c(-c2cc(N4CCN(C)CC4)cnc2[C@H](C)OC)n3CC)n1)C1(C(=O)N2CCCCN2)CS1=NC(=O)C1[C@@H](C)[C@H]1C. The summed E-state index contributed by atoms with van der Waals surface area (Å²) >= 11 is 3.92. The highest BCUT2D eigenvalue weighted by atomic mass is 32.2. The minimum Gasteiger partial charge on any atom is -0.457 e. The fourth-order valence-electron chi connectivity index (χ4n) is 9.78. The van der Waals surface area contributed by atoms with E-state index in [1.54, 1.807) is 18.4 Å². The molecule has 17 heteroatoms. The number of likely N-dealkylation sites (N-methyl/N-ethyl adjacent to an activating group) is 1. The molecule has 3 unspecified atom stereocenters. The smallest absolute Gasteiger partial charge is 0.364 e. The van der Waals surface area contributed by atoms with Crippen molar-refractivity contribution in [2.75, 3.05) is 77.3 Å². The molecule has 4 aliphatic rings. The number of piperazine rings is 1. The summed E-state index contributed by atoms with van der Waals surface area (Å²) in [5.41, 5.74) is 10.0. The van der Waals surface area contributed by atoms with E-state index in [9.17, 15) is 14.4 Å². The van der Waals surface area contributed by atoms with E-state index >= 15 is 0 Å². The molecule has 1 saturated carbocycles. The Hall–Kier alpha value is -4.13. The van der Waals surface area contributed by atoms with Crippen LogP contribution in [-0.4, -0.2) is 119 Å². The zero-order valence-electron chi connectivity index (χ0n) is 39.4. The first-order chi connectivity index (χ1) is 31.1. The molecule has 4 fully saturated rings. The zero-order valence-corrected chi connectivity index (χ0v) is 41.1. The van der Waals surface area contributed by atoms with E-state index in [0.29, 0.717) is 50.0 Å². The van der Waals surface area contributed by atoms with Gasteiger partial charge in [0.1, 0.15) is 22.8 Å². The number of hydrazine groups is 1. The average molecular weight is 931 g/mol. The molecule has 4 aromatic rings. The molecule has 7 atom stereocenters. The number of carbonyl (C=O) groups excluding carboxylic acids is 3. The van der Waals surface area contributed by atoms with Crippen LogP contribution < -0.4 is 10.3 Å². The van der Waals surface area contributed by atoms with Crippen molar-refractivity contribution < 1.29 is 33.0 Å². The summed E-state index contributed by atoms with van der Waals surface area (Å²) in [7, 11) is 2.97. The van der Waals surface area contributed by atoms with Gasteiger partial charge in [-0.25, -0.2) is 15.2 Å². The summed E-state index contributed by atoms with van der Waals surface area (Å²) in [6.45, 7) is 20.6. The monoisotopic (exact) mass is 930 g/mol. The Kier molecular flexibility index (Phi) is 14.0. The van der Waals surface area contributed by atoms with Gasteiger partial charge in [0.15, 0.2) is 0 Å². The van der Waals surface area contributed by atoms with Crippen molar-refractivity contribution in [3.05, 3.63) is 53.7 Å². The lowest BCUT2D eigenvalue weighted by molar-refractivity contribution is -0.140. The van der Waals surface area contributed by atoms with Crippen LogP contribution in [0.5, 0.6) is 0 Å². The lowest BCUT2D eigenvalue weighted by Crippen LogP contribution is -2.54. The molecule has 3 saturated heterocycles. The topological polar surface area (TPSA) is 157 Å². The summed E-state index contributed by atoms with van der Waals surface area (Å²) in [4.78, 5) is 55.0. The summed E-state index contributed by atoms with van der Waals surface area (Å²) in [6.07, 6.45) is 4.91. The molecule has 65 heavy (non-hydrogen) atoms. The van der Waals surface area contributed by atoms with Crippen LogP contribution in [0, 0.1) is 23.2 Å². The molecule has 0 spiro atoms. The molecule has 3 aliphatic heterocycles. The summed E-state index contributed by atoms with van der Waals surface area (Å²) < 4.78 is 30.3. The highest BCUT2D eigenvalue weighted by Gasteiger charge is 2.66. The Morgan fingerprint density at radius 1 is 1.09 bits per heavy atom. The van der Waals surface area contributed by atoms with Crippen LogP contribution in [0.4, 0.5) is 10.5 Å². The maximum absolute atomic E-state index is 14.6. The van der Waals surface area contributed by atoms with Gasteiger partial charge in [-0.3, -0.25) is 19.6 Å². The molecule has 1 aliphatic carbocycles. The predicted molar refractivity (Wildman–Crippen MR) is 257 cm³/mol. The van der Waals surface area contributed by atoms with Crippen molar-refractivity contribution >= 4 is 57.0 Å². The molecular weight excluding hydrogens is 865 g/mol. The van der Waals surface area contributed by atoms with Crippen LogP contribution in [-0.2, 0) is 47.5 Å². The second-order valence-corrected chi connectivity index (χ2v) is 21.3. The third-order valence-corrected chi connectivity index (χ3v) is 16.3. The number of methoxy groups -OCH3 is 1. The number of rotatable bonds is 16. The number of pyridine rings is 1. The maximum atomic E-state index is 14.6. The first-order valence-corrected chi connectivity index (χ1v) is 25.0. The van der Waals surface area contributed by atoms with Gasteiger partial charge in [-0.15, -0.1) is 0 Å². The number of benzene rings is 1. The molecule has 15 nitrogen and oxygen atoms in total. The molecular formula is C48H66N8O7S2. The highest BCUT2D eigenvalue weighted by Crippen LogP contribution is 2.52. The van der Waals surface area contributed by atoms with Crippen molar-refractivity contribution in [3.63, 3.8) is 0 Å². The predicted octanol–water partition coefficient (Wildman–Crippen LogP) is 7.66. The van der Waals surface area contributed by atoms with E-state index in [1.165, 1.54) is 0 Å². The number of fused-ring (bicyclic) bond motifs is 1. The second-order valence-electron chi connectivity index (χ2n) is 19.1. The van der Waals surface area contributed by atoms with Crippen LogP contribution in [0.15, 0.2) is 45.5 Å². The normalized spacial score (nSPS) is 24.6. The molecule has 352 valence electrons. The number of aryl methyl sites for hydroxylation is 1. The second kappa shape index (κ2) is 19.2. The molecule has 6 heterocycles. The number of thiol groups is 1. The number of amides is 2. The van der Waals surface area contributed by atoms with Crippen molar-refractivity contribution in [2.24, 2.45) is 27.5 Å². The minimum atomic E-state index is -1.08. The standard InChI is InChI=1S/C48H66N8O7S2/c1-10-55-38-15-14-32(44-51-37(26-62-44)42(61-11-2)48(45(58)56-17-13-12-16-50-56)28-65(48)52-43(57)39-29(3)30(39)4)22-34(38)36(24-47(6,7)27-63-46(59)64)41(55)35-23-33(25-49-40(35)31(5)60-9)54-20-18-53(8)19-21-54/h14-15,22-23,25-26,29-31,39,42,50H,10-13,16-21,24,27-28H2,1-9H3,(H,59,64)/t29-,30+,31-,39?,42+,48?,65?/m0/s1. The van der Waals surface area contributed by atoms with E-state index < -0.39 is 32.3 Å². The molecule has 1 aromatic carbocycles. The number of hydrogen-bond donors (Lipinski definition) is 2. The summed E-state index contributed by atoms with van der Waals surface area (Å²) in [5, 5.41) is 2.08. The number of oxazole rings is 1. The largest absolute Gasteiger partial charge is 0.457 e. The molecule has 2 amide bonds. The minimum absolute atomic E-state index is 0.105. The van der Waals surface area contributed by atoms with Crippen LogP contribution in [0.3, 0.4) is 0 Å². The van der Waals surface area contributed by atoms with Gasteiger partial charge in [-0.05, 0) is 88.7 Å². The van der Waals surface area contributed by atoms with E-state index in [1.807, 2.05) is 26.1 Å². The summed E-state index contributed by atoms with van der Waals surface area (Å²) in [5.74, 6) is 1.02. The Labute approximate surface area is 390 Å². The number of nitrogens with zero attached hydrogens (tertiary/aromatic N) is 7. The van der Waals surface area contributed by atoms with Gasteiger partial charge >= 0.3 is 5.30 Å². The van der Waals surface area contributed by atoms with E-state index in [-0.39, 0.29) is 42.3 Å². The Morgan fingerprint density at radius 3 is 2.49 bits per heavy atom. The van der Waals surface area contributed by atoms with Gasteiger partial charge in [-0.1, -0.05) is 51.0 Å². The fourth-order valence-corrected chi connectivity index (χ4v) is 11.9. The van der Waals surface area contributed by atoms with Crippen molar-refractivity contribution in [1.29, 1.82) is 0 Å². The Bertz CT molecular complexity index is 2450. The van der Waals surface area contributed by atoms with Gasteiger partial charge in [0.25, 0.3) is 11.8 Å². The molecule has 8 rings (SSSR count). The van der Waals surface area contributed by atoms with Gasteiger partial charge in [0.05, 0.1) is 36.0 Å². The van der Waals surface area contributed by atoms with Crippen molar-refractivity contribution in [2.45, 2.75) is 91.2 Å². The van der Waals surface area contributed by atoms with Crippen LogP contribution in [0.1, 0.15) is 90.5 Å². The first kappa shape index (κ1) is 47.4. The average Bonchev–Trinajstić information content (AvgIpc) is 4.01. The summed E-state index contributed by atoms with van der Waals surface area (Å²) in [6, 6.07) is 8.51. The third kappa shape index (κ3) is 9.42. The fraction of sp³-hybridized carbons (Fsp3) is 0.604. The molecule has 0 radical (unpaired) electrons. The number of carbonyl (C=O) groups is 3. The van der Waals surface area contributed by atoms with Crippen LogP contribution in [0.25, 0.3) is 33.6 Å². The van der Waals surface area contributed by atoms with E-state index in [2.05, 4.69) is 92.3 Å². The van der Waals surface area contributed by atoms with Gasteiger partial charge in [0.2, 0.25) is 5.89 Å². The first-order valence-electron chi connectivity index (χ1n) is 23.2. The van der Waals surface area contributed by atoms with Crippen LogP contribution >= 0.6 is 12.6 Å². The van der Waals surface area contributed by atoms with E-state index in [4.69, 9.17) is 33.0 Å². The quantitative estimate of drug-likeness (QED) is 0.0644. The molecule has 3 aromatic heterocycles. The highest BCUT2D eigenvalue weighted by molar-refractivity contribution is 7.97. The lowest BCUT2D eigenvalue weighted by Gasteiger charge is -2.34. The number of anilines is 1. The van der Waals surface area contributed by atoms with Gasteiger partial charge in [0, 0.05) is 98.6 Å². The Morgan fingerprint density at radius 2 is 1.85 bits per heavy atom. The molecule has 1 N–H and O–H groups in total. The van der Waals surface area contributed by atoms with Crippen molar-refractivity contribution in [3.8, 4) is 22.7 Å². The number of hydrogen-bond acceptors (Lipinski definition) is 12.